The van der Waals surface area contributed by atoms with Gasteiger partial charge in [-0.05, 0) is 36.4 Å². The van der Waals surface area contributed by atoms with Gasteiger partial charge in [0.1, 0.15) is 11.6 Å². The molecule has 25 heavy (non-hydrogen) atoms. The van der Waals surface area contributed by atoms with Crippen LogP contribution < -0.4 is 4.90 Å². The quantitative estimate of drug-likeness (QED) is 0.569. The Hall–Kier alpha value is -3.67. The van der Waals surface area contributed by atoms with Crippen molar-refractivity contribution in [1.82, 2.24) is 19.5 Å². The highest BCUT2D eigenvalue weighted by Crippen LogP contribution is 2.26. The molecule has 4 aromatic rings. The number of aromatic nitrogens is 4. The lowest BCUT2D eigenvalue weighted by molar-refractivity contribution is -0.106. The molecule has 122 valence electrons. The fourth-order valence-electron chi connectivity index (χ4n) is 2.65. The van der Waals surface area contributed by atoms with Crippen LogP contribution in [0.4, 0.5) is 11.5 Å². The monoisotopic (exact) mass is 329 g/mol. The lowest BCUT2D eigenvalue weighted by Crippen LogP contribution is -2.15. The molecule has 0 radical (unpaired) electrons. The summed E-state index contributed by atoms with van der Waals surface area (Å²) in [5.41, 5.74) is 2.56. The van der Waals surface area contributed by atoms with Gasteiger partial charge in [0.25, 0.3) is 0 Å². The van der Waals surface area contributed by atoms with E-state index in [4.69, 9.17) is 0 Å². The number of H-pyrrole nitrogens is 1. The van der Waals surface area contributed by atoms with Gasteiger partial charge in [-0.15, -0.1) is 0 Å². The third-order valence-electron chi connectivity index (χ3n) is 3.88. The average Bonchev–Trinajstić information content (AvgIpc) is 3.37. The fraction of sp³-hybridized carbons (Fsp3) is 0. The van der Waals surface area contributed by atoms with Gasteiger partial charge >= 0.3 is 0 Å². The van der Waals surface area contributed by atoms with Crippen LogP contribution in [0.1, 0.15) is 0 Å². The molecule has 6 nitrogen and oxygen atoms in total. The van der Waals surface area contributed by atoms with Gasteiger partial charge in [-0.25, -0.2) is 9.97 Å². The smallest absolute Gasteiger partial charge is 0.219 e. The van der Waals surface area contributed by atoms with Crippen molar-refractivity contribution in [3.63, 3.8) is 0 Å². The predicted octanol–water partition coefficient (Wildman–Crippen LogP) is 3.56. The lowest BCUT2D eigenvalue weighted by Gasteiger charge is -2.17. The molecule has 0 bridgehead atoms. The first kappa shape index (κ1) is 14.9. The first-order valence-electron chi connectivity index (χ1n) is 7.79. The van der Waals surface area contributed by atoms with Gasteiger partial charge in [0, 0.05) is 30.4 Å². The molecule has 1 N–H and O–H groups in total. The van der Waals surface area contributed by atoms with Crippen LogP contribution in [0, 0.1) is 0 Å². The Morgan fingerprint density at radius 3 is 2.60 bits per heavy atom. The zero-order valence-corrected chi connectivity index (χ0v) is 13.3. The summed E-state index contributed by atoms with van der Waals surface area (Å²) in [5.74, 6) is 1.31. The molecular formula is C19H15N5O. The highest BCUT2D eigenvalue weighted by molar-refractivity contribution is 5.86. The van der Waals surface area contributed by atoms with Crippen molar-refractivity contribution >= 4 is 17.9 Å². The normalized spacial score (nSPS) is 10.6. The van der Waals surface area contributed by atoms with E-state index in [1.54, 1.807) is 18.6 Å². The molecule has 1 amide bonds. The highest BCUT2D eigenvalue weighted by Gasteiger charge is 2.11. The van der Waals surface area contributed by atoms with Crippen LogP contribution in [-0.2, 0) is 4.79 Å². The summed E-state index contributed by atoms with van der Waals surface area (Å²) in [6.45, 7) is 0. The summed E-state index contributed by atoms with van der Waals surface area (Å²) in [7, 11) is 0. The first-order chi connectivity index (χ1) is 12.3. The maximum Gasteiger partial charge on any atom is 0.219 e. The molecule has 3 aromatic heterocycles. The maximum atomic E-state index is 11.7. The molecule has 6 heteroatoms. The van der Waals surface area contributed by atoms with Crippen LogP contribution in [0.25, 0.3) is 17.1 Å². The zero-order chi connectivity index (χ0) is 17.1. The van der Waals surface area contributed by atoms with Crippen LogP contribution in [0.5, 0.6) is 0 Å². The number of imidazole rings is 1. The Balaban J connectivity index is 1.66. The van der Waals surface area contributed by atoms with E-state index in [-0.39, 0.29) is 0 Å². The van der Waals surface area contributed by atoms with Gasteiger partial charge in [-0.3, -0.25) is 9.69 Å². The fourth-order valence-corrected chi connectivity index (χ4v) is 2.65. The number of hydrogen-bond donors (Lipinski definition) is 1. The number of pyridine rings is 1. The van der Waals surface area contributed by atoms with E-state index >= 15 is 0 Å². The molecule has 0 spiro atoms. The third-order valence-corrected chi connectivity index (χ3v) is 3.88. The van der Waals surface area contributed by atoms with Crippen LogP contribution in [0.3, 0.4) is 0 Å². The number of nitrogens with one attached hydrogen (secondary N) is 1. The Morgan fingerprint density at radius 1 is 1.04 bits per heavy atom. The summed E-state index contributed by atoms with van der Waals surface area (Å²) < 4.78 is 1.96. The van der Waals surface area contributed by atoms with Crippen molar-refractivity contribution in [2.45, 2.75) is 0 Å². The second kappa shape index (κ2) is 6.45. The topological polar surface area (TPSA) is 66.8 Å². The number of amides is 1. The van der Waals surface area contributed by atoms with E-state index in [9.17, 15) is 4.79 Å². The molecule has 0 saturated heterocycles. The van der Waals surface area contributed by atoms with Gasteiger partial charge in [-0.1, -0.05) is 12.1 Å². The molecule has 0 unspecified atom stereocenters. The standard InChI is InChI=1S/C19H15N5O/c25-14-24(16-5-3-4-15(12-16)19-20-8-9-21-19)18-7-6-17(13-22-18)23-10-1-2-11-23/h1-14H,(H,20,21). The van der Waals surface area contributed by atoms with Gasteiger partial charge in [0.2, 0.25) is 6.41 Å². The molecule has 0 fully saturated rings. The lowest BCUT2D eigenvalue weighted by atomic mass is 10.2. The SMILES string of the molecule is O=CN(c1cccc(-c2ncc[nH]2)c1)c1ccc(-n2cccc2)cn1. The minimum atomic E-state index is 0.558. The third kappa shape index (κ3) is 2.92. The van der Waals surface area contributed by atoms with Gasteiger partial charge in [-0.2, -0.15) is 0 Å². The first-order valence-corrected chi connectivity index (χ1v) is 7.79. The van der Waals surface area contributed by atoms with Crippen molar-refractivity contribution in [2.75, 3.05) is 4.90 Å². The number of carbonyl (C=O) groups excluding carboxylic acids is 1. The minimum Gasteiger partial charge on any atom is -0.345 e. The van der Waals surface area contributed by atoms with E-state index in [2.05, 4.69) is 15.0 Å². The average molecular weight is 329 g/mol. The number of aromatic amines is 1. The van der Waals surface area contributed by atoms with Crippen LogP contribution in [0.2, 0.25) is 0 Å². The Labute approximate surface area is 144 Å². The van der Waals surface area contributed by atoms with Crippen molar-refractivity contribution in [3.05, 3.63) is 79.5 Å². The second-order valence-corrected chi connectivity index (χ2v) is 5.43. The molecule has 0 aliphatic heterocycles. The molecule has 0 saturated carbocycles. The number of carbonyl (C=O) groups is 1. The Kier molecular flexibility index (Phi) is 3.84. The summed E-state index contributed by atoms with van der Waals surface area (Å²) in [6.07, 6.45) is 9.85. The maximum absolute atomic E-state index is 11.7. The Morgan fingerprint density at radius 2 is 1.92 bits per heavy atom. The van der Waals surface area contributed by atoms with Gasteiger partial charge in [0.15, 0.2) is 0 Å². The molecule has 3 heterocycles. The Bertz CT molecular complexity index is 959. The van der Waals surface area contributed by atoms with Crippen molar-refractivity contribution in [3.8, 4) is 17.1 Å². The summed E-state index contributed by atoms with van der Waals surface area (Å²) in [5, 5.41) is 0. The number of anilines is 2. The van der Waals surface area contributed by atoms with Crippen LogP contribution in [-0.4, -0.2) is 25.9 Å². The molecular weight excluding hydrogens is 314 g/mol. The zero-order valence-electron chi connectivity index (χ0n) is 13.3. The van der Waals surface area contributed by atoms with Crippen molar-refractivity contribution in [2.24, 2.45) is 0 Å². The second-order valence-electron chi connectivity index (χ2n) is 5.43. The molecule has 1 aromatic carbocycles. The predicted molar refractivity (Wildman–Crippen MR) is 95.8 cm³/mol. The van der Waals surface area contributed by atoms with Crippen LogP contribution >= 0.6 is 0 Å². The van der Waals surface area contributed by atoms with E-state index in [0.29, 0.717) is 5.82 Å². The van der Waals surface area contributed by atoms with E-state index in [1.165, 1.54) is 4.90 Å². The molecule has 0 aliphatic carbocycles. The number of hydrogen-bond acceptors (Lipinski definition) is 3. The molecule has 0 atom stereocenters. The van der Waals surface area contributed by atoms with Crippen molar-refractivity contribution < 1.29 is 4.79 Å². The van der Waals surface area contributed by atoms with E-state index < -0.39 is 0 Å². The van der Waals surface area contributed by atoms with Crippen molar-refractivity contribution in [1.29, 1.82) is 0 Å². The highest BCUT2D eigenvalue weighted by atomic mass is 16.1. The molecule has 0 aliphatic rings. The van der Waals surface area contributed by atoms with E-state index in [0.717, 1.165) is 29.2 Å². The largest absolute Gasteiger partial charge is 0.345 e. The summed E-state index contributed by atoms with van der Waals surface area (Å²) in [4.78, 5) is 24.9. The summed E-state index contributed by atoms with van der Waals surface area (Å²) in [6, 6.07) is 15.2. The number of benzene rings is 1. The van der Waals surface area contributed by atoms with Gasteiger partial charge < -0.3 is 9.55 Å². The van der Waals surface area contributed by atoms with E-state index in [1.807, 2.05) is 65.5 Å². The molecule has 4 rings (SSSR count). The minimum absolute atomic E-state index is 0.558. The number of nitrogens with zero attached hydrogens (tertiary/aromatic N) is 4. The van der Waals surface area contributed by atoms with Crippen LogP contribution in [0.15, 0.2) is 79.5 Å². The number of rotatable bonds is 5. The van der Waals surface area contributed by atoms with Gasteiger partial charge in [0.05, 0.1) is 17.6 Å². The summed E-state index contributed by atoms with van der Waals surface area (Å²) >= 11 is 0.